The maximum Gasteiger partial charge on any atom is 0.269 e. The number of ketones is 1. The molecule has 3 rings (SSSR count). The van der Waals surface area contributed by atoms with Crippen molar-refractivity contribution in [1.29, 1.82) is 0 Å². The molecule has 0 aliphatic heterocycles. The monoisotopic (exact) mass is 345 g/mol. The highest BCUT2D eigenvalue weighted by molar-refractivity contribution is 6.32. The Labute approximate surface area is 150 Å². The van der Waals surface area contributed by atoms with Crippen molar-refractivity contribution in [3.05, 3.63) is 106 Å². The average Bonchev–Trinajstić information content (AvgIpc) is 2.67. The molecule has 3 aromatic carbocycles. The van der Waals surface area contributed by atoms with E-state index in [1.165, 1.54) is 24.3 Å². The fourth-order valence-corrected chi connectivity index (χ4v) is 2.52. The highest BCUT2D eigenvalue weighted by Gasteiger charge is 2.15. The molecular weight excluding hydrogens is 330 g/mol. The number of phenolic OH excluding ortho intramolecular Hbond substituents is 1. The van der Waals surface area contributed by atoms with Gasteiger partial charge in [-0.1, -0.05) is 30.3 Å². The minimum absolute atomic E-state index is 0.00623. The Kier molecular flexibility index (Phi) is 4.90. The highest BCUT2D eigenvalue weighted by atomic mass is 16.6. The van der Waals surface area contributed by atoms with Gasteiger partial charge < -0.3 is 5.11 Å². The van der Waals surface area contributed by atoms with Crippen LogP contribution in [0.5, 0.6) is 5.75 Å². The van der Waals surface area contributed by atoms with Crippen LogP contribution in [0, 0.1) is 10.1 Å². The van der Waals surface area contributed by atoms with Crippen molar-refractivity contribution in [2.75, 3.05) is 0 Å². The number of Topliss-reactive ketones (excluding diaryl/α,β-unsaturated/α-hetero) is 1. The molecule has 5 heteroatoms. The van der Waals surface area contributed by atoms with Crippen molar-refractivity contribution in [1.82, 2.24) is 0 Å². The van der Waals surface area contributed by atoms with Gasteiger partial charge in [0.2, 0.25) is 0 Å². The maximum absolute atomic E-state index is 13.0. The van der Waals surface area contributed by atoms with Gasteiger partial charge in [0.25, 0.3) is 5.69 Å². The lowest BCUT2D eigenvalue weighted by atomic mass is 9.94. The Balaban J connectivity index is 2.04. The molecule has 0 radical (unpaired) electrons. The molecule has 0 aliphatic carbocycles. The van der Waals surface area contributed by atoms with Crippen molar-refractivity contribution in [2.24, 2.45) is 0 Å². The van der Waals surface area contributed by atoms with Gasteiger partial charge >= 0.3 is 0 Å². The Bertz CT molecular complexity index is 959. The number of nitro groups is 1. The first-order valence-electron chi connectivity index (χ1n) is 7.90. The number of hydrogen-bond donors (Lipinski definition) is 1. The summed E-state index contributed by atoms with van der Waals surface area (Å²) in [6, 6.07) is 21.2. The zero-order valence-electron chi connectivity index (χ0n) is 13.7. The Morgan fingerprint density at radius 3 is 2.04 bits per heavy atom. The summed E-state index contributed by atoms with van der Waals surface area (Å²) in [5.41, 5.74) is 2.32. The van der Waals surface area contributed by atoms with Gasteiger partial charge in [0.05, 0.1) is 4.92 Å². The number of non-ortho nitro benzene ring substituents is 1. The zero-order valence-corrected chi connectivity index (χ0v) is 13.7. The van der Waals surface area contributed by atoms with E-state index in [4.69, 9.17) is 0 Å². The van der Waals surface area contributed by atoms with Crippen molar-refractivity contribution < 1.29 is 14.8 Å². The summed E-state index contributed by atoms with van der Waals surface area (Å²) in [4.78, 5) is 23.3. The van der Waals surface area contributed by atoms with E-state index >= 15 is 0 Å². The molecule has 0 atom stereocenters. The van der Waals surface area contributed by atoms with Crippen LogP contribution in [0.2, 0.25) is 0 Å². The van der Waals surface area contributed by atoms with Gasteiger partial charge in [-0.05, 0) is 53.6 Å². The lowest BCUT2D eigenvalue weighted by Crippen LogP contribution is -2.02. The molecule has 26 heavy (non-hydrogen) atoms. The SMILES string of the molecule is O=C(C(=Cc1ccc([N+](=O)[O-])cc1)c1ccccc1)c1ccc(O)cc1. The number of carbonyl (C=O) groups is 1. The van der Waals surface area contributed by atoms with Gasteiger partial charge in [0, 0.05) is 23.3 Å². The summed E-state index contributed by atoms with van der Waals surface area (Å²) >= 11 is 0. The summed E-state index contributed by atoms with van der Waals surface area (Å²) in [6.07, 6.45) is 1.70. The van der Waals surface area contributed by atoms with Crippen LogP contribution in [0.25, 0.3) is 11.6 Å². The van der Waals surface area contributed by atoms with E-state index in [0.717, 1.165) is 5.56 Å². The lowest BCUT2D eigenvalue weighted by molar-refractivity contribution is -0.384. The third kappa shape index (κ3) is 3.84. The first kappa shape index (κ1) is 17.1. The summed E-state index contributed by atoms with van der Waals surface area (Å²) in [5.74, 6) is -0.114. The number of aromatic hydroxyl groups is 1. The highest BCUT2D eigenvalue weighted by Crippen LogP contribution is 2.24. The van der Waals surface area contributed by atoms with Crippen LogP contribution in [0.4, 0.5) is 5.69 Å². The molecule has 0 saturated heterocycles. The van der Waals surface area contributed by atoms with E-state index < -0.39 is 4.92 Å². The predicted octanol–water partition coefficient (Wildman–Crippen LogP) is 4.72. The molecule has 1 N–H and O–H groups in total. The van der Waals surface area contributed by atoms with E-state index in [1.54, 1.807) is 30.3 Å². The van der Waals surface area contributed by atoms with Crippen LogP contribution in [-0.4, -0.2) is 15.8 Å². The first-order chi connectivity index (χ1) is 12.5. The Morgan fingerprint density at radius 1 is 0.846 bits per heavy atom. The molecule has 128 valence electrons. The van der Waals surface area contributed by atoms with Gasteiger partial charge in [-0.25, -0.2) is 0 Å². The number of hydrogen-bond acceptors (Lipinski definition) is 4. The quantitative estimate of drug-likeness (QED) is 0.238. The maximum atomic E-state index is 13.0. The molecule has 0 fully saturated rings. The fraction of sp³-hybridized carbons (Fsp3) is 0. The fourth-order valence-electron chi connectivity index (χ4n) is 2.52. The van der Waals surface area contributed by atoms with Crippen LogP contribution in [0.3, 0.4) is 0 Å². The van der Waals surface area contributed by atoms with Crippen molar-refractivity contribution >= 4 is 23.1 Å². The molecule has 0 heterocycles. The standard InChI is InChI=1S/C21H15NO4/c23-19-12-8-17(9-13-19)21(24)20(16-4-2-1-3-5-16)14-15-6-10-18(11-7-15)22(25)26/h1-14,23H. The van der Waals surface area contributed by atoms with E-state index in [9.17, 15) is 20.0 Å². The molecule has 0 unspecified atom stereocenters. The molecule has 0 spiro atoms. The predicted molar refractivity (Wildman–Crippen MR) is 99.8 cm³/mol. The van der Waals surface area contributed by atoms with E-state index in [-0.39, 0.29) is 17.2 Å². The van der Waals surface area contributed by atoms with Crippen LogP contribution in [0.15, 0.2) is 78.9 Å². The molecule has 5 nitrogen and oxygen atoms in total. The van der Waals surface area contributed by atoms with E-state index in [1.807, 2.05) is 30.3 Å². The number of nitrogens with zero attached hydrogens (tertiary/aromatic N) is 1. The molecule has 3 aromatic rings. The van der Waals surface area contributed by atoms with E-state index in [2.05, 4.69) is 0 Å². The molecular formula is C21H15NO4. The van der Waals surface area contributed by atoms with Crippen molar-refractivity contribution in [2.45, 2.75) is 0 Å². The van der Waals surface area contributed by atoms with Crippen LogP contribution in [-0.2, 0) is 0 Å². The number of rotatable bonds is 5. The largest absolute Gasteiger partial charge is 0.508 e. The summed E-state index contributed by atoms with van der Waals surface area (Å²) in [6.45, 7) is 0. The Morgan fingerprint density at radius 2 is 1.46 bits per heavy atom. The van der Waals surface area contributed by atoms with Crippen LogP contribution in [0.1, 0.15) is 21.5 Å². The first-order valence-corrected chi connectivity index (χ1v) is 7.90. The minimum Gasteiger partial charge on any atom is -0.508 e. The number of carbonyl (C=O) groups excluding carboxylic acids is 1. The summed E-state index contributed by atoms with van der Waals surface area (Å²) < 4.78 is 0. The van der Waals surface area contributed by atoms with Crippen molar-refractivity contribution in [3.63, 3.8) is 0 Å². The van der Waals surface area contributed by atoms with E-state index in [0.29, 0.717) is 16.7 Å². The topological polar surface area (TPSA) is 80.4 Å². The van der Waals surface area contributed by atoms with Crippen LogP contribution >= 0.6 is 0 Å². The third-order valence-corrected chi connectivity index (χ3v) is 3.87. The summed E-state index contributed by atoms with van der Waals surface area (Å²) in [7, 11) is 0. The molecule has 0 aromatic heterocycles. The second kappa shape index (κ2) is 7.44. The number of benzene rings is 3. The molecule has 0 amide bonds. The zero-order chi connectivity index (χ0) is 18.5. The molecule has 0 aliphatic rings. The minimum atomic E-state index is -0.465. The van der Waals surface area contributed by atoms with Gasteiger partial charge in [0.15, 0.2) is 5.78 Å². The van der Waals surface area contributed by atoms with Crippen molar-refractivity contribution in [3.8, 4) is 5.75 Å². The Hall–Kier alpha value is -3.73. The van der Waals surface area contributed by atoms with Gasteiger partial charge in [-0.15, -0.1) is 0 Å². The number of nitro benzene ring substituents is 1. The third-order valence-electron chi connectivity index (χ3n) is 3.87. The normalized spacial score (nSPS) is 11.2. The lowest BCUT2D eigenvalue weighted by Gasteiger charge is -2.08. The molecule has 0 saturated carbocycles. The second-order valence-corrected chi connectivity index (χ2v) is 5.65. The number of allylic oxidation sites excluding steroid dienone is 1. The van der Waals surface area contributed by atoms with Crippen LogP contribution < -0.4 is 0 Å². The van der Waals surface area contributed by atoms with Gasteiger partial charge in [0.1, 0.15) is 5.75 Å². The van der Waals surface area contributed by atoms with Gasteiger partial charge in [-0.2, -0.15) is 0 Å². The van der Waals surface area contributed by atoms with Gasteiger partial charge in [-0.3, -0.25) is 14.9 Å². The smallest absolute Gasteiger partial charge is 0.269 e. The molecule has 0 bridgehead atoms. The average molecular weight is 345 g/mol. The second-order valence-electron chi connectivity index (χ2n) is 5.65. The number of phenols is 1. The summed E-state index contributed by atoms with van der Waals surface area (Å²) in [5, 5.41) is 20.2.